The van der Waals surface area contributed by atoms with Crippen LogP contribution >= 0.6 is 0 Å². The highest BCUT2D eigenvalue weighted by Gasteiger charge is 2.38. The summed E-state index contributed by atoms with van der Waals surface area (Å²) in [6.45, 7) is 9.23. The van der Waals surface area contributed by atoms with Crippen LogP contribution < -0.4 is 5.32 Å². The van der Waals surface area contributed by atoms with Gasteiger partial charge in [-0.05, 0) is 71.4 Å². The lowest BCUT2D eigenvalue weighted by atomic mass is 9.97. The molecule has 2 aliphatic heterocycles. The zero-order valence-electron chi connectivity index (χ0n) is 21.1. The van der Waals surface area contributed by atoms with E-state index in [1.807, 2.05) is 32.0 Å². The van der Waals surface area contributed by atoms with Gasteiger partial charge in [-0.15, -0.1) is 0 Å². The first-order valence-corrected chi connectivity index (χ1v) is 13.9. The molecule has 2 N–H and O–H groups in total. The van der Waals surface area contributed by atoms with Crippen molar-refractivity contribution in [2.75, 3.05) is 31.5 Å². The summed E-state index contributed by atoms with van der Waals surface area (Å²) in [4.78, 5) is 31.1. The van der Waals surface area contributed by atoms with Crippen molar-refractivity contribution in [3.05, 3.63) is 46.3 Å². The van der Waals surface area contributed by atoms with Gasteiger partial charge >= 0.3 is 0 Å². The Balaban J connectivity index is 1.48. The van der Waals surface area contributed by atoms with Crippen molar-refractivity contribution in [2.45, 2.75) is 64.7 Å². The molecule has 1 aromatic heterocycles. The van der Waals surface area contributed by atoms with Crippen molar-refractivity contribution in [3.8, 4) is 0 Å². The highest BCUT2D eigenvalue weighted by atomic mass is 32.2. The van der Waals surface area contributed by atoms with Crippen LogP contribution in [-0.2, 0) is 14.8 Å². The molecule has 1 aromatic carbocycles. The Morgan fingerprint density at radius 3 is 2.23 bits per heavy atom. The molecule has 0 atom stereocenters. The third kappa shape index (κ3) is 5.16. The van der Waals surface area contributed by atoms with Gasteiger partial charge in [0.2, 0.25) is 15.9 Å². The molecule has 0 unspecified atom stereocenters. The number of likely N-dealkylation sites (tertiary alicyclic amines) is 1. The standard InChI is InChI=1S/C26H36N4O4S/c1-17-8-9-22(18(2)16-17)28-25(31)21-10-14-30(15-11-21)35(33,34)24-20(4)27-19(3)23(24)26(32)29-12-6-5-7-13-29/h8-9,16,21,27H,5-7,10-15H2,1-4H3,(H,28,31). The number of sulfonamides is 1. The fourth-order valence-corrected chi connectivity index (χ4v) is 7.16. The topological polar surface area (TPSA) is 103 Å². The largest absolute Gasteiger partial charge is 0.361 e. The minimum Gasteiger partial charge on any atom is -0.361 e. The molecule has 2 aliphatic rings. The number of hydrogen-bond acceptors (Lipinski definition) is 4. The van der Waals surface area contributed by atoms with Gasteiger partial charge in [-0.2, -0.15) is 4.31 Å². The maximum Gasteiger partial charge on any atom is 0.257 e. The lowest BCUT2D eigenvalue weighted by Crippen LogP contribution is -2.42. The quantitative estimate of drug-likeness (QED) is 0.650. The van der Waals surface area contributed by atoms with Gasteiger partial charge in [0.25, 0.3) is 5.91 Å². The van der Waals surface area contributed by atoms with E-state index < -0.39 is 10.0 Å². The van der Waals surface area contributed by atoms with Gasteiger partial charge in [-0.1, -0.05) is 17.7 Å². The first-order valence-electron chi connectivity index (χ1n) is 12.5. The summed E-state index contributed by atoms with van der Waals surface area (Å²) >= 11 is 0. The minimum absolute atomic E-state index is 0.0800. The first kappa shape index (κ1) is 25.4. The van der Waals surface area contributed by atoms with Gasteiger partial charge in [0.15, 0.2) is 0 Å². The van der Waals surface area contributed by atoms with Crippen LogP contribution in [0.4, 0.5) is 5.69 Å². The van der Waals surface area contributed by atoms with Crippen molar-refractivity contribution in [3.63, 3.8) is 0 Å². The predicted molar refractivity (Wildman–Crippen MR) is 136 cm³/mol. The second-order valence-corrected chi connectivity index (χ2v) is 11.8. The van der Waals surface area contributed by atoms with Crippen molar-refractivity contribution in [1.82, 2.24) is 14.2 Å². The van der Waals surface area contributed by atoms with E-state index in [0.29, 0.717) is 37.3 Å². The minimum atomic E-state index is -3.88. The smallest absolute Gasteiger partial charge is 0.257 e. The molecule has 3 heterocycles. The summed E-state index contributed by atoms with van der Waals surface area (Å²) < 4.78 is 28.8. The summed E-state index contributed by atoms with van der Waals surface area (Å²) in [5.41, 5.74) is 4.25. The monoisotopic (exact) mass is 500 g/mol. The number of aromatic amines is 1. The average molecular weight is 501 g/mol. The summed E-state index contributed by atoms with van der Waals surface area (Å²) in [7, 11) is -3.88. The number of carbonyl (C=O) groups is 2. The number of aryl methyl sites for hydroxylation is 4. The van der Waals surface area contributed by atoms with Crippen LogP contribution in [0.15, 0.2) is 23.1 Å². The fourth-order valence-electron chi connectivity index (χ4n) is 5.27. The van der Waals surface area contributed by atoms with Crippen LogP contribution in [0, 0.1) is 33.6 Å². The number of piperidine rings is 2. The van der Waals surface area contributed by atoms with E-state index in [1.165, 1.54) is 4.31 Å². The Morgan fingerprint density at radius 2 is 1.60 bits per heavy atom. The molecule has 190 valence electrons. The number of rotatable bonds is 5. The zero-order valence-corrected chi connectivity index (χ0v) is 21.9. The number of hydrogen-bond donors (Lipinski definition) is 2. The van der Waals surface area contributed by atoms with E-state index in [4.69, 9.17) is 0 Å². The molecule has 0 radical (unpaired) electrons. The average Bonchev–Trinajstić information content (AvgIpc) is 3.15. The molecular formula is C26H36N4O4S. The molecule has 9 heteroatoms. The highest BCUT2D eigenvalue weighted by Crippen LogP contribution is 2.32. The Hall–Kier alpha value is -2.65. The molecule has 8 nitrogen and oxygen atoms in total. The van der Waals surface area contributed by atoms with Crippen molar-refractivity contribution in [1.29, 1.82) is 0 Å². The highest BCUT2D eigenvalue weighted by molar-refractivity contribution is 7.89. The maximum atomic E-state index is 13.7. The Bertz CT molecular complexity index is 1220. The van der Waals surface area contributed by atoms with E-state index in [2.05, 4.69) is 10.3 Å². The van der Waals surface area contributed by atoms with Crippen LogP contribution in [0.5, 0.6) is 0 Å². The van der Waals surface area contributed by atoms with Crippen LogP contribution in [0.3, 0.4) is 0 Å². The van der Waals surface area contributed by atoms with E-state index in [0.717, 1.165) is 36.1 Å². The number of aromatic nitrogens is 1. The SMILES string of the molecule is Cc1ccc(NC(=O)C2CCN(S(=O)(=O)c3c(C)[nH]c(C)c3C(=O)N3CCCCC3)CC2)c(C)c1. The van der Waals surface area contributed by atoms with Crippen molar-refractivity contribution < 1.29 is 18.0 Å². The van der Waals surface area contributed by atoms with Crippen molar-refractivity contribution in [2.24, 2.45) is 5.92 Å². The lowest BCUT2D eigenvalue weighted by Gasteiger charge is -2.31. The summed E-state index contributed by atoms with van der Waals surface area (Å²) in [6.07, 6.45) is 3.84. The van der Waals surface area contributed by atoms with E-state index in [9.17, 15) is 18.0 Å². The predicted octanol–water partition coefficient (Wildman–Crippen LogP) is 3.91. The molecule has 2 aromatic rings. The summed E-state index contributed by atoms with van der Waals surface area (Å²) in [5, 5.41) is 3.00. The summed E-state index contributed by atoms with van der Waals surface area (Å²) in [5.74, 6) is -0.554. The van der Waals surface area contributed by atoms with Crippen molar-refractivity contribution >= 4 is 27.5 Å². The van der Waals surface area contributed by atoms with Gasteiger partial charge < -0.3 is 15.2 Å². The Morgan fingerprint density at radius 1 is 0.943 bits per heavy atom. The molecule has 2 amide bonds. The number of nitrogens with one attached hydrogen (secondary N) is 2. The number of anilines is 1. The lowest BCUT2D eigenvalue weighted by molar-refractivity contribution is -0.120. The molecule has 2 fully saturated rings. The normalized spacial score (nSPS) is 18.0. The van der Waals surface area contributed by atoms with Crippen LogP contribution in [-0.4, -0.2) is 60.6 Å². The van der Waals surface area contributed by atoms with Crippen LogP contribution in [0.25, 0.3) is 0 Å². The van der Waals surface area contributed by atoms with Gasteiger partial charge in [0.1, 0.15) is 4.90 Å². The molecule has 0 saturated carbocycles. The number of amides is 2. The Labute approximate surface area is 208 Å². The number of benzene rings is 1. The maximum absolute atomic E-state index is 13.7. The van der Waals surface area contributed by atoms with E-state index >= 15 is 0 Å². The van der Waals surface area contributed by atoms with E-state index in [1.54, 1.807) is 18.7 Å². The number of nitrogens with zero attached hydrogens (tertiary/aromatic N) is 2. The molecular weight excluding hydrogens is 464 g/mol. The zero-order chi connectivity index (χ0) is 25.3. The number of carbonyl (C=O) groups excluding carboxylic acids is 2. The second kappa shape index (κ2) is 10.1. The van der Waals surface area contributed by atoms with Gasteiger partial charge in [0, 0.05) is 49.2 Å². The molecule has 0 bridgehead atoms. The molecule has 2 saturated heterocycles. The Kier molecular flexibility index (Phi) is 7.38. The first-order chi connectivity index (χ1) is 16.6. The van der Waals surface area contributed by atoms with Crippen LogP contribution in [0.1, 0.15) is 65.0 Å². The molecule has 35 heavy (non-hydrogen) atoms. The number of H-pyrrole nitrogens is 1. The third-order valence-electron chi connectivity index (χ3n) is 7.24. The molecule has 0 spiro atoms. The van der Waals surface area contributed by atoms with E-state index in [-0.39, 0.29) is 41.3 Å². The second-order valence-electron chi connectivity index (χ2n) is 9.92. The van der Waals surface area contributed by atoms with Gasteiger partial charge in [0.05, 0.1) is 5.56 Å². The van der Waals surface area contributed by atoms with Crippen LogP contribution in [0.2, 0.25) is 0 Å². The summed E-state index contributed by atoms with van der Waals surface area (Å²) in [6, 6.07) is 5.89. The fraction of sp³-hybridized carbons (Fsp3) is 0.538. The molecule has 4 rings (SSSR count). The van der Waals surface area contributed by atoms with Gasteiger partial charge in [-0.25, -0.2) is 8.42 Å². The molecule has 0 aliphatic carbocycles. The van der Waals surface area contributed by atoms with Gasteiger partial charge in [-0.3, -0.25) is 9.59 Å². The third-order valence-corrected chi connectivity index (χ3v) is 9.31.